The average Bonchev–Trinajstić information content (AvgIpc) is 1.85. The summed E-state index contributed by atoms with van der Waals surface area (Å²) in [4.78, 5) is 0. The van der Waals surface area contributed by atoms with Crippen molar-refractivity contribution in [2.75, 3.05) is 7.05 Å². The predicted molar refractivity (Wildman–Crippen MR) is 38.2 cm³/mol. The van der Waals surface area contributed by atoms with Crippen molar-refractivity contribution in [2.24, 2.45) is 10.3 Å². The second-order valence-electron chi connectivity index (χ2n) is 1.74. The largest absolute Gasteiger partial charge is 0.285 e. The molecule has 0 aliphatic rings. The molecule has 0 aromatic carbocycles. The Balaban J connectivity index is 3.37. The van der Waals surface area contributed by atoms with Gasteiger partial charge in [0.05, 0.1) is 13.1 Å². The van der Waals surface area contributed by atoms with Gasteiger partial charge in [-0.15, -0.1) is 0 Å². The first-order valence-corrected chi connectivity index (χ1v) is 2.98. The van der Waals surface area contributed by atoms with E-state index in [0.29, 0.717) is 0 Å². The number of rotatable bonds is 3. The molecule has 52 valence electrons. The van der Waals surface area contributed by atoms with Gasteiger partial charge in [-0.25, -0.2) is 0 Å². The van der Waals surface area contributed by atoms with E-state index in [9.17, 15) is 0 Å². The Labute approximate surface area is 55.8 Å². The summed E-state index contributed by atoms with van der Waals surface area (Å²) >= 11 is 0. The van der Waals surface area contributed by atoms with Crippen LogP contribution in [0, 0.1) is 0 Å². The molecular formula is C6H13N3. The summed E-state index contributed by atoms with van der Waals surface area (Å²) in [5.74, 6) is 0. The number of allylic oxidation sites excluding steroid dienone is 1. The maximum atomic E-state index is 3.61. The summed E-state index contributed by atoms with van der Waals surface area (Å²) in [7, 11) is 1.63. The maximum absolute atomic E-state index is 3.61. The van der Waals surface area contributed by atoms with Gasteiger partial charge in [0.1, 0.15) is 0 Å². The minimum Gasteiger partial charge on any atom is -0.285 e. The third kappa shape index (κ3) is 5.00. The monoisotopic (exact) mass is 127 g/mol. The van der Waals surface area contributed by atoms with Gasteiger partial charge in [0.15, 0.2) is 0 Å². The van der Waals surface area contributed by atoms with Crippen LogP contribution in [0.3, 0.4) is 0 Å². The molecule has 0 saturated heterocycles. The van der Waals surface area contributed by atoms with Crippen molar-refractivity contribution in [1.29, 1.82) is 0 Å². The number of hydrogen-bond donors (Lipinski definition) is 1. The Morgan fingerprint density at radius 3 is 2.67 bits per heavy atom. The quantitative estimate of drug-likeness (QED) is 0.348. The van der Waals surface area contributed by atoms with Crippen LogP contribution in [0.5, 0.6) is 0 Å². The molecule has 9 heavy (non-hydrogen) atoms. The molecule has 0 bridgehead atoms. The first-order chi connectivity index (χ1) is 4.31. The van der Waals surface area contributed by atoms with Crippen LogP contribution >= 0.6 is 0 Å². The molecule has 0 aromatic heterocycles. The van der Waals surface area contributed by atoms with E-state index in [0.717, 1.165) is 0 Å². The van der Waals surface area contributed by atoms with Crippen molar-refractivity contribution in [3.8, 4) is 0 Å². The van der Waals surface area contributed by atoms with Crippen molar-refractivity contribution in [3.05, 3.63) is 12.2 Å². The molecule has 0 radical (unpaired) electrons. The number of nitrogens with zero attached hydrogens (tertiary/aromatic N) is 2. The SMILES string of the molecule is C/C=C\C(C)NN=NC. The minimum atomic E-state index is 0.277. The van der Waals surface area contributed by atoms with Crippen LogP contribution in [0.15, 0.2) is 22.5 Å². The number of hydrogen-bond acceptors (Lipinski definition) is 2. The highest BCUT2D eigenvalue weighted by atomic mass is 15.4. The molecule has 3 heteroatoms. The normalized spacial score (nSPS) is 15.0. The van der Waals surface area contributed by atoms with Gasteiger partial charge in [-0.05, 0) is 13.8 Å². The Morgan fingerprint density at radius 2 is 2.22 bits per heavy atom. The van der Waals surface area contributed by atoms with E-state index in [-0.39, 0.29) is 6.04 Å². The smallest absolute Gasteiger partial charge is 0.0608 e. The van der Waals surface area contributed by atoms with Gasteiger partial charge in [-0.2, -0.15) is 5.11 Å². The molecule has 0 aliphatic carbocycles. The van der Waals surface area contributed by atoms with Gasteiger partial charge in [0.25, 0.3) is 0 Å². The highest BCUT2D eigenvalue weighted by molar-refractivity contribution is 4.86. The van der Waals surface area contributed by atoms with Gasteiger partial charge in [0, 0.05) is 0 Å². The second-order valence-corrected chi connectivity index (χ2v) is 1.74. The molecule has 1 N–H and O–H groups in total. The molecule has 3 nitrogen and oxygen atoms in total. The molecule has 0 amide bonds. The van der Waals surface area contributed by atoms with E-state index < -0.39 is 0 Å². The summed E-state index contributed by atoms with van der Waals surface area (Å²) < 4.78 is 0. The molecule has 0 spiro atoms. The molecule has 1 unspecified atom stereocenters. The average molecular weight is 127 g/mol. The van der Waals surface area contributed by atoms with Gasteiger partial charge in [-0.1, -0.05) is 17.4 Å². The Bertz CT molecular complexity index is 107. The third-order valence-electron chi connectivity index (χ3n) is 0.842. The maximum Gasteiger partial charge on any atom is 0.0608 e. The van der Waals surface area contributed by atoms with E-state index >= 15 is 0 Å². The summed E-state index contributed by atoms with van der Waals surface area (Å²) in [6, 6.07) is 0.277. The zero-order valence-electron chi connectivity index (χ0n) is 6.13. The van der Waals surface area contributed by atoms with Crippen molar-refractivity contribution in [3.63, 3.8) is 0 Å². The fourth-order valence-corrected chi connectivity index (χ4v) is 0.481. The molecule has 0 rings (SSSR count). The fourth-order valence-electron chi connectivity index (χ4n) is 0.481. The van der Waals surface area contributed by atoms with Gasteiger partial charge < -0.3 is 0 Å². The topological polar surface area (TPSA) is 36.8 Å². The van der Waals surface area contributed by atoms with Crippen LogP contribution in [0.2, 0.25) is 0 Å². The van der Waals surface area contributed by atoms with E-state index in [4.69, 9.17) is 0 Å². The highest BCUT2D eigenvalue weighted by Gasteiger charge is 1.87. The van der Waals surface area contributed by atoms with E-state index in [2.05, 4.69) is 15.8 Å². The van der Waals surface area contributed by atoms with Crippen LogP contribution in [-0.2, 0) is 0 Å². The summed E-state index contributed by atoms with van der Waals surface area (Å²) in [5.41, 5.74) is 2.80. The molecule has 0 aromatic rings. The van der Waals surface area contributed by atoms with E-state index in [1.54, 1.807) is 7.05 Å². The molecule has 1 atom stereocenters. The summed E-state index contributed by atoms with van der Waals surface area (Å²) in [5, 5.41) is 7.15. The Morgan fingerprint density at radius 1 is 1.56 bits per heavy atom. The zero-order chi connectivity index (χ0) is 7.11. The zero-order valence-corrected chi connectivity index (χ0v) is 6.13. The molecule has 0 fully saturated rings. The van der Waals surface area contributed by atoms with Crippen molar-refractivity contribution >= 4 is 0 Å². The third-order valence-corrected chi connectivity index (χ3v) is 0.842. The van der Waals surface area contributed by atoms with Crippen LogP contribution in [0.25, 0.3) is 0 Å². The molecule has 0 heterocycles. The van der Waals surface area contributed by atoms with Crippen molar-refractivity contribution in [1.82, 2.24) is 5.43 Å². The first-order valence-electron chi connectivity index (χ1n) is 2.98. The second kappa shape index (κ2) is 5.28. The Kier molecular flexibility index (Phi) is 4.78. The van der Waals surface area contributed by atoms with Crippen LogP contribution < -0.4 is 5.43 Å². The van der Waals surface area contributed by atoms with Crippen LogP contribution in [-0.4, -0.2) is 13.1 Å². The van der Waals surface area contributed by atoms with E-state index in [1.807, 2.05) is 26.0 Å². The van der Waals surface area contributed by atoms with Crippen LogP contribution in [0.4, 0.5) is 0 Å². The van der Waals surface area contributed by atoms with Gasteiger partial charge >= 0.3 is 0 Å². The predicted octanol–water partition coefficient (Wildman–Crippen LogP) is 1.54. The van der Waals surface area contributed by atoms with Crippen molar-refractivity contribution < 1.29 is 0 Å². The van der Waals surface area contributed by atoms with Gasteiger partial charge in [0.2, 0.25) is 0 Å². The lowest BCUT2D eigenvalue weighted by Gasteiger charge is -2.01. The molecule has 0 aliphatic heterocycles. The molecule has 0 saturated carbocycles. The van der Waals surface area contributed by atoms with Gasteiger partial charge in [-0.3, -0.25) is 5.43 Å². The Hall–Kier alpha value is -0.860. The van der Waals surface area contributed by atoms with E-state index in [1.165, 1.54) is 0 Å². The fraction of sp³-hybridized carbons (Fsp3) is 0.667. The lowest BCUT2D eigenvalue weighted by molar-refractivity contribution is 0.631. The summed E-state index contributed by atoms with van der Waals surface area (Å²) in [6.45, 7) is 3.98. The standard InChI is InChI=1S/C6H13N3/c1-4-5-6(2)8-9-7-3/h4-6H,1-3H3,(H,7,8)/b5-4-. The number of nitrogens with one attached hydrogen (secondary N) is 1. The van der Waals surface area contributed by atoms with Crippen molar-refractivity contribution in [2.45, 2.75) is 19.9 Å². The first kappa shape index (κ1) is 8.14. The lowest BCUT2D eigenvalue weighted by atomic mass is 10.3. The minimum absolute atomic E-state index is 0.277. The summed E-state index contributed by atoms with van der Waals surface area (Å²) in [6.07, 6.45) is 3.98. The lowest BCUT2D eigenvalue weighted by Crippen LogP contribution is -2.16. The van der Waals surface area contributed by atoms with Crippen LogP contribution in [0.1, 0.15) is 13.8 Å². The molecular weight excluding hydrogens is 114 g/mol. The highest BCUT2D eigenvalue weighted by Crippen LogP contribution is 1.82.